The van der Waals surface area contributed by atoms with Crippen molar-refractivity contribution >= 4 is 22.7 Å². The van der Waals surface area contributed by atoms with E-state index in [1.54, 1.807) is 24.3 Å². The molecule has 1 aromatic heterocycles. The topological polar surface area (TPSA) is 118 Å². The number of nitriles is 1. The van der Waals surface area contributed by atoms with Crippen molar-refractivity contribution in [3.8, 4) is 11.8 Å². The molecule has 1 heterocycles. The second-order valence-corrected chi connectivity index (χ2v) is 8.31. The van der Waals surface area contributed by atoms with Crippen molar-refractivity contribution in [3.05, 3.63) is 65.9 Å². The number of hydrogen-bond donors (Lipinski definition) is 4. The van der Waals surface area contributed by atoms with Gasteiger partial charge in [0.1, 0.15) is 17.5 Å². The first-order valence-corrected chi connectivity index (χ1v) is 10.9. The van der Waals surface area contributed by atoms with Gasteiger partial charge in [0.15, 0.2) is 0 Å². The van der Waals surface area contributed by atoms with Crippen LogP contribution in [-0.4, -0.2) is 34.0 Å². The fourth-order valence-corrected chi connectivity index (χ4v) is 4.36. The molecule has 2 amide bonds. The number of phenolic OH excluding ortho intramolecular Hbond substituents is 1. The summed E-state index contributed by atoms with van der Waals surface area (Å²) in [7, 11) is 0. The van der Waals surface area contributed by atoms with Crippen LogP contribution in [0.1, 0.15) is 41.7 Å². The highest BCUT2D eigenvalue weighted by Gasteiger charge is 2.33. The number of hydrogen-bond acceptors (Lipinski definition) is 4. The minimum Gasteiger partial charge on any atom is -0.508 e. The molecule has 0 radical (unpaired) electrons. The lowest BCUT2D eigenvalue weighted by Gasteiger charge is -2.31. The summed E-state index contributed by atoms with van der Waals surface area (Å²) in [6, 6.07) is 17.4. The Balaban J connectivity index is 1.42. The third-order valence-corrected chi connectivity index (χ3v) is 6.02. The third-order valence-electron chi connectivity index (χ3n) is 6.02. The lowest BCUT2D eigenvalue weighted by Crippen LogP contribution is -2.50. The van der Waals surface area contributed by atoms with Crippen molar-refractivity contribution in [1.29, 1.82) is 5.26 Å². The number of fused-ring (bicyclic) bond motifs is 1. The molecule has 3 atom stereocenters. The second-order valence-electron chi connectivity index (χ2n) is 8.31. The average molecular weight is 431 g/mol. The molecule has 1 unspecified atom stereocenters. The first-order valence-electron chi connectivity index (χ1n) is 10.9. The Labute approximate surface area is 186 Å². The zero-order valence-electron chi connectivity index (χ0n) is 17.7. The largest absolute Gasteiger partial charge is 0.508 e. The Morgan fingerprint density at radius 3 is 2.69 bits per heavy atom. The van der Waals surface area contributed by atoms with Crippen LogP contribution in [0.25, 0.3) is 10.9 Å². The number of nitrogens with one attached hydrogen (secondary N) is 3. The van der Waals surface area contributed by atoms with E-state index in [2.05, 4.69) is 21.7 Å². The maximum Gasteiger partial charge on any atom is 0.267 e. The maximum absolute atomic E-state index is 13.0. The van der Waals surface area contributed by atoms with Gasteiger partial charge in [0.05, 0.1) is 12.0 Å². The normalized spacial score (nSPS) is 19.1. The fraction of sp³-hybridized carbons (Fsp3) is 0.320. The van der Waals surface area contributed by atoms with Crippen LogP contribution >= 0.6 is 0 Å². The van der Waals surface area contributed by atoms with Gasteiger partial charge in [-0.15, -0.1) is 0 Å². The minimum atomic E-state index is -0.621. The first-order chi connectivity index (χ1) is 15.5. The summed E-state index contributed by atoms with van der Waals surface area (Å²) >= 11 is 0. The molecule has 4 rings (SSSR count). The summed E-state index contributed by atoms with van der Waals surface area (Å²) in [6.07, 6.45) is 3.66. The number of aromatic nitrogens is 1. The van der Waals surface area contributed by atoms with Gasteiger partial charge in [0.25, 0.3) is 5.91 Å². The van der Waals surface area contributed by atoms with E-state index in [0.717, 1.165) is 23.8 Å². The number of carbonyl (C=O) groups excluding carboxylic acids is 2. The highest BCUT2D eigenvalue weighted by Crippen LogP contribution is 2.26. The number of benzene rings is 2. The lowest BCUT2D eigenvalue weighted by molar-refractivity contribution is -0.127. The molecular weight excluding hydrogens is 404 g/mol. The molecule has 0 saturated heterocycles. The molecule has 1 fully saturated rings. The Morgan fingerprint density at radius 1 is 1.12 bits per heavy atom. The molecule has 0 spiro atoms. The van der Waals surface area contributed by atoms with E-state index in [4.69, 9.17) is 0 Å². The number of aromatic hydroxyl groups is 1. The first kappa shape index (κ1) is 21.4. The number of H-pyrrole nitrogens is 1. The predicted molar refractivity (Wildman–Crippen MR) is 121 cm³/mol. The molecule has 164 valence electrons. The molecule has 32 heavy (non-hydrogen) atoms. The molecule has 2 aromatic carbocycles. The quantitative estimate of drug-likeness (QED) is 0.479. The van der Waals surface area contributed by atoms with Crippen molar-refractivity contribution in [2.75, 3.05) is 0 Å². The Morgan fingerprint density at radius 2 is 1.91 bits per heavy atom. The van der Waals surface area contributed by atoms with Gasteiger partial charge in [-0.1, -0.05) is 43.2 Å². The molecule has 0 aliphatic heterocycles. The molecule has 1 saturated carbocycles. The van der Waals surface area contributed by atoms with Crippen LogP contribution in [0.3, 0.4) is 0 Å². The van der Waals surface area contributed by atoms with Gasteiger partial charge >= 0.3 is 0 Å². The monoisotopic (exact) mass is 430 g/mol. The Kier molecular flexibility index (Phi) is 6.41. The van der Waals surface area contributed by atoms with E-state index in [1.165, 1.54) is 0 Å². The van der Waals surface area contributed by atoms with Gasteiger partial charge in [-0.3, -0.25) is 9.59 Å². The molecule has 7 heteroatoms. The highest BCUT2D eigenvalue weighted by atomic mass is 16.3. The zero-order valence-corrected chi connectivity index (χ0v) is 17.7. The second kappa shape index (κ2) is 9.56. The van der Waals surface area contributed by atoms with Crippen LogP contribution in [0.2, 0.25) is 0 Å². The zero-order chi connectivity index (χ0) is 22.5. The highest BCUT2D eigenvalue weighted by molar-refractivity contribution is 5.98. The van der Waals surface area contributed by atoms with Crippen molar-refractivity contribution in [2.45, 2.75) is 44.2 Å². The SMILES string of the molecule is N#C[C@H](Cc1ccccc1)NC(=O)[C@@H]1CCCCC1NC(=O)c1cc2ccc(O)cc2[nH]1. The summed E-state index contributed by atoms with van der Waals surface area (Å²) in [5, 5.41) is 25.9. The Hall–Kier alpha value is -3.79. The summed E-state index contributed by atoms with van der Waals surface area (Å²) in [5.74, 6) is -0.740. The fourth-order valence-electron chi connectivity index (χ4n) is 4.36. The molecule has 1 aliphatic rings. The number of amides is 2. The van der Waals surface area contributed by atoms with E-state index in [9.17, 15) is 20.0 Å². The van der Waals surface area contributed by atoms with Gasteiger partial charge in [-0.2, -0.15) is 5.26 Å². The summed E-state index contributed by atoms with van der Waals surface area (Å²) in [4.78, 5) is 28.9. The lowest BCUT2D eigenvalue weighted by atomic mass is 9.83. The van der Waals surface area contributed by atoms with Gasteiger partial charge in [0.2, 0.25) is 5.91 Å². The van der Waals surface area contributed by atoms with Crippen LogP contribution in [-0.2, 0) is 11.2 Å². The van der Waals surface area contributed by atoms with Crippen LogP contribution in [0.15, 0.2) is 54.6 Å². The number of phenols is 1. The molecule has 7 nitrogen and oxygen atoms in total. The van der Waals surface area contributed by atoms with Crippen molar-refractivity contribution in [3.63, 3.8) is 0 Å². The number of nitrogens with zero attached hydrogens (tertiary/aromatic N) is 1. The third kappa shape index (κ3) is 4.92. The molecule has 1 aliphatic carbocycles. The number of rotatable bonds is 6. The van der Waals surface area contributed by atoms with Gasteiger partial charge < -0.3 is 20.7 Å². The van der Waals surface area contributed by atoms with Crippen molar-refractivity contribution in [1.82, 2.24) is 15.6 Å². The molecular formula is C25H26N4O3. The molecule has 0 bridgehead atoms. The Bertz CT molecular complexity index is 1150. The van der Waals surface area contributed by atoms with Crippen molar-refractivity contribution < 1.29 is 14.7 Å². The predicted octanol–water partition coefficient (Wildman–Crippen LogP) is 3.41. The molecule has 4 N–H and O–H groups in total. The summed E-state index contributed by atoms with van der Waals surface area (Å²) in [6.45, 7) is 0. The summed E-state index contributed by atoms with van der Waals surface area (Å²) in [5.41, 5.74) is 2.04. The van der Waals surface area contributed by atoms with Crippen LogP contribution in [0.5, 0.6) is 5.75 Å². The van der Waals surface area contributed by atoms with Crippen LogP contribution in [0.4, 0.5) is 0 Å². The molecule has 3 aromatic rings. The van der Waals surface area contributed by atoms with E-state index in [0.29, 0.717) is 30.5 Å². The van der Waals surface area contributed by atoms with Crippen LogP contribution < -0.4 is 10.6 Å². The number of carbonyl (C=O) groups is 2. The van der Waals surface area contributed by atoms with E-state index in [1.807, 2.05) is 30.3 Å². The van der Waals surface area contributed by atoms with E-state index >= 15 is 0 Å². The number of aromatic amines is 1. The van der Waals surface area contributed by atoms with Crippen molar-refractivity contribution in [2.24, 2.45) is 5.92 Å². The van der Waals surface area contributed by atoms with E-state index < -0.39 is 6.04 Å². The minimum absolute atomic E-state index is 0.123. The standard InChI is InChI=1S/C25H26N4O3/c26-15-18(12-16-6-2-1-3-7-16)27-24(31)20-8-4-5-9-21(20)29-25(32)23-13-17-10-11-19(30)14-22(17)28-23/h1-3,6-7,10-11,13-14,18,20-21,28,30H,4-5,8-9,12H2,(H,27,31)(H,29,32)/t18-,20+,21?/m0/s1. The summed E-state index contributed by atoms with van der Waals surface area (Å²) < 4.78 is 0. The maximum atomic E-state index is 13.0. The van der Waals surface area contributed by atoms with E-state index in [-0.39, 0.29) is 29.5 Å². The van der Waals surface area contributed by atoms with Gasteiger partial charge in [-0.05, 0) is 36.6 Å². The smallest absolute Gasteiger partial charge is 0.267 e. The average Bonchev–Trinajstić information content (AvgIpc) is 3.23. The van der Waals surface area contributed by atoms with Gasteiger partial charge in [0, 0.05) is 29.4 Å². The van der Waals surface area contributed by atoms with Gasteiger partial charge in [-0.25, -0.2) is 0 Å². The van der Waals surface area contributed by atoms with Crippen LogP contribution in [0, 0.1) is 17.2 Å².